The van der Waals surface area contributed by atoms with Crippen LogP contribution in [0.4, 0.5) is 0 Å². The van der Waals surface area contributed by atoms with Crippen molar-refractivity contribution in [2.75, 3.05) is 26.2 Å². The van der Waals surface area contributed by atoms with Gasteiger partial charge in [-0.1, -0.05) is 32.9 Å². The van der Waals surface area contributed by atoms with E-state index in [0.29, 0.717) is 31.1 Å². The summed E-state index contributed by atoms with van der Waals surface area (Å²) in [7, 11) is -3.53. The number of aryl methyl sites for hydroxylation is 2. The van der Waals surface area contributed by atoms with Crippen molar-refractivity contribution in [1.29, 1.82) is 0 Å². The molecular weight excluding hydrogens is 312 g/mol. The number of sulfonamides is 1. The van der Waals surface area contributed by atoms with Gasteiger partial charge in [-0.3, -0.25) is 4.79 Å². The Morgan fingerprint density at radius 2 is 1.48 bits per heavy atom. The molecule has 1 saturated heterocycles. The van der Waals surface area contributed by atoms with E-state index < -0.39 is 10.0 Å². The van der Waals surface area contributed by atoms with Crippen molar-refractivity contribution in [3.05, 3.63) is 28.8 Å². The molecule has 0 spiro atoms. The Balaban J connectivity index is 2.39. The van der Waals surface area contributed by atoms with Crippen molar-refractivity contribution < 1.29 is 13.2 Å². The summed E-state index contributed by atoms with van der Waals surface area (Å²) in [5.74, 6) is 0. The molecule has 0 aromatic heterocycles. The lowest BCUT2D eigenvalue weighted by Crippen LogP contribution is -2.48. The Morgan fingerprint density at radius 1 is 1.00 bits per heavy atom. The maximum absolute atomic E-state index is 13.0. The Hall–Kier alpha value is -1.40. The topological polar surface area (TPSA) is 57.7 Å². The van der Waals surface area contributed by atoms with Gasteiger partial charge in [0, 0.05) is 26.2 Å². The van der Waals surface area contributed by atoms with Gasteiger partial charge in [0.15, 0.2) is 0 Å². The highest BCUT2D eigenvalue weighted by Crippen LogP contribution is 2.31. The second kappa shape index (κ2) is 6.24. The maximum Gasteiger partial charge on any atom is 0.243 e. The molecule has 0 radical (unpaired) electrons. The molecule has 2 rings (SSSR count). The Bertz CT molecular complexity index is 674. The highest BCUT2D eigenvalue weighted by atomic mass is 32.2. The number of carbonyl (C=O) groups is 1. The molecule has 0 aliphatic carbocycles. The zero-order valence-electron chi connectivity index (χ0n) is 14.6. The second-order valence-electron chi connectivity index (χ2n) is 7.23. The molecule has 0 unspecified atom stereocenters. The molecule has 128 valence electrons. The van der Waals surface area contributed by atoms with Crippen molar-refractivity contribution >= 4 is 16.4 Å². The summed E-state index contributed by atoms with van der Waals surface area (Å²) in [5, 5.41) is 0. The van der Waals surface area contributed by atoms with E-state index >= 15 is 0 Å². The zero-order valence-corrected chi connectivity index (χ0v) is 15.4. The average Bonchev–Trinajstić information content (AvgIpc) is 2.45. The molecule has 5 nitrogen and oxygen atoms in total. The van der Waals surface area contributed by atoms with E-state index in [0.717, 1.165) is 23.1 Å². The fraction of sp³-hybridized carbons (Fsp3) is 0.588. The minimum absolute atomic E-state index is 0.0204. The van der Waals surface area contributed by atoms with Crippen LogP contribution in [0.3, 0.4) is 0 Å². The second-order valence-corrected chi connectivity index (χ2v) is 9.11. The predicted molar refractivity (Wildman–Crippen MR) is 91.0 cm³/mol. The summed E-state index contributed by atoms with van der Waals surface area (Å²) in [4.78, 5) is 12.8. The lowest BCUT2D eigenvalue weighted by molar-refractivity contribution is -0.119. The summed E-state index contributed by atoms with van der Waals surface area (Å²) in [5.41, 5.74) is 2.69. The van der Waals surface area contributed by atoms with Gasteiger partial charge in [-0.25, -0.2) is 8.42 Å². The number of piperazine rings is 1. The smallest absolute Gasteiger partial charge is 0.243 e. The van der Waals surface area contributed by atoms with Gasteiger partial charge in [0.2, 0.25) is 16.4 Å². The van der Waals surface area contributed by atoms with E-state index in [1.807, 2.05) is 26.0 Å². The molecule has 1 aliphatic heterocycles. The molecule has 6 heteroatoms. The molecule has 23 heavy (non-hydrogen) atoms. The third-order valence-electron chi connectivity index (χ3n) is 4.35. The number of rotatable bonds is 3. The van der Waals surface area contributed by atoms with E-state index in [1.54, 1.807) is 4.90 Å². The van der Waals surface area contributed by atoms with Gasteiger partial charge in [-0.15, -0.1) is 0 Å². The minimum atomic E-state index is -3.53. The van der Waals surface area contributed by atoms with Crippen LogP contribution in [0.15, 0.2) is 17.0 Å². The Labute approximate surface area is 139 Å². The molecule has 1 aliphatic rings. The molecule has 1 aromatic carbocycles. The fourth-order valence-electron chi connectivity index (χ4n) is 2.97. The van der Waals surface area contributed by atoms with Gasteiger partial charge < -0.3 is 4.90 Å². The monoisotopic (exact) mass is 338 g/mol. The molecule has 0 N–H and O–H groups in total. The van der Waals surface area contributed by atoms with Crippen LogP contribution >= 0.6 is 0 Å². The lowest BCUT2D eigenvalue weighted by Gasteiger charge is -2.32. The Morgan fingerprint density at radius 3 is 1.87 bits per heavy atom. The third kappa shape index (κ3) is 3.58. The first-order valence-corrected chi connectivity index (χ1v) is 9.32. The number of amides is 1. The van der Waals surface area contributed by atoms with Gasteiger partial charge in [0.05, 0.1) is 4.90 Å². The van der Waals surface area contributed by atoms with E-state index in [-0.39, 0.29) is 5.41 Å². The van der Waals surface area contributed by atoms with Crippen LogP contribution in [-0.4, -0.2) is 50.2 Å². The van der Waals surface area contributed by atoms with Crippen molar-refractivity contribution in [3.8, 4) is 0 Å². The van der Waals surface area contributed by atoms with Crippen molar-refractivity contribution in [3.63, 3.8) is 0 Å². The lowest BCUT2D eigenvalue weighted by atomic mass is 9.85. The maximum atomic E-state index is 13.0. The Kier molecular flexibility index (Phi) is 4.87. The first-order valence-electron chi connectivity index (χ1n) is 7.88. The molecule has 1 heterocycles. The van der Waals surface area contributed by atoms with Crippen LogP contribution in [-0.2, 0) is 20.2 Å². The molecule has 1 aromatic rings. The van der Waals surface area contributed by atoms with Gasteiger partial charge >= 0.3 is 0 Å². The molecule has 1 amide bonds. The molecule has 0 saturated carbocycles. The van der Waals surface area contributed by atoms with Crippen LogP contribution in [0.5, 0.6) is 0 Å². The van der Waals surface area contributed by atoms with Crippen LogP contribution in [0.1, 0.15) is 37.5 Å². The first-order chi connectivity index (χ1) is 10.6. The first kappa shape index (κ1) is 17.9. The van der Waals surface area contributed by atoms with Crippen molar-refractivity contribution in [1.82, 2.24) is 9.21 Å². The van der Waals surface area contributed by atoms with Crippen molar-refractivity contribution in [2.45, 2.75) is 44.9 Å². The average molecular weight is 338 g/mol. The van der Waals surface area contributed by atoms with Crippen LogP contribution < -0.4 is 0 Å². The standard InChI is InChI=1S/C17H26N2O3S/c1-13-10-15(17(3,4)5)11-14(2)16(13)23(21,22)19-8-6-18(12-20)7-9-19/h10-12H,6-9H2,1-5H3. The van der Waals surface area contributed by atoms with Crippen LogP contribution in [0.2, 0.25) is 0 Å². The van der Waals surface area contributed by atoms with Gasteiger partial charge in [0.25, 0.3) is 0 Å². The SMILES string of the molecule is Cc1cc(C(C)(C)C)cc(C)c1S(=O)(=O)N1CCN(C=O)CC1. The van der Waals surface area contributed by atoms with E-state index in [1.165, 1.54) is 4.31 Å². The fourth-order valence-corrected chi connectivity index (χ4v) is 4.80. The summed E-state index contributed by atoms with van der Waals surface area (Å²) in [6, 6.07) is 3.95. The van der Waals surface area contributed by atoms with Gasteiger partial charge in [-0.05, 0) is 36.0 Å². The number of hydrogen-bond donors (Lipinski definition) is 0. The molecule has 0 atom stereocenters. The minimum Gasteiger partial charge on any atom is -0.343 e. The summed E-state index contributed by atoms with van der Waals surface area (Å²) in [6.45, 7) is 11.7. The third-order valence-corrected chi connectivity index (χ3v) is 6.55. The quantitative estimate of drug-likeness (QED) is 0.793. The van der Waals surface area contributed by atoms with Crippen molar-refractivity contribution in [2.24, 2.45) is 0 Å². The largest absolute Gasteiger partial charge is 0.343 e. The number of benzene rings is 1. The van der Waals surface area contributed by atoms with Gasteiger partial charge in [-0.2, -0.15) is 4.31 Å². The highest BCUT2D eigenvalue weighted by molar-refractivity contribution is 7.89. The predicted octanol–water partition coefficient (Wildman–Crippen LogP) is 2.06. The van der Waals surface area contributed by atoms with Crippen LogP contribution in [0, 0.1) is 13.8 Å². The summed E-state index contributed by atoms with van der Waals surface area (Å²) in [6.07, 6.45) is 0.776. The molecule has 1 fully saturated rings. The zero-order chi connectivity index (χ0) is 17.4. The molecular formula is C17H26N2O3S. The number of nitrogens with zero attached hydrogens (tertiary/aromatic N) is 2. The van der Waals surface area contributed by atoms with Gasteiger partial charge in [0.1, 0.15) is 0 Å². The summed E-state index contributed by atoms with van der Waals surface area (Å²) < 4.78 is 27.5. The van der Waals surface area contributed by atoms with E-state index in [4.69, 9.17) is 0 Å². The molecule has 0 bridgehead atoms. The number of carbonyl (C=O) groups excluding carboxylic acids is 1. The number of hydrogen-bond acceptors (Lipinski definition) is 3. The highest BCUT2D eigenvalue weighted by Gasteiger charge is 2.31. The van der Waals surface area contributed by atoms with E-state index in [2.05, 4.69) is 20.8 Å². The summed E-state index contributed by atoms with van der Waals surface area (Å²) >= 11 is 0. The van der Waals surface area contributed by atoms with E-state index in [9.17, 15) is 13.2 Å². The van der Waals surface area contributed by atoms with Crippen LogP contribution in [0.25, 0.3) is 0 Å². The normalized spacial score (nSPS) is 17.3.